The van der Waals surface area contributed by atoms with Crippen molar-refractivity contribution in [2.45, 2.75) is 49.5 Å². The molecule has 1 aromatic carbocycles. The molecule has 1 spiro atoms. The average molecular weight is 323 g/mol. The van der Waals surface area contributed by atoms with Gasteiger partial charge in [-0.1, -0.05) is 31.4 Å². The molecule has 0 aromatic heterocycles. The molecule has 1 unspecified atom stereocenters. The molecule has 22 heavy (non-hydrogen) atoms. The van der Waals surface area contributed by atoms with Gasteiger partial charge in [-0.05, 0) is 31.9 Å². The third-order valence-electron chi connectivity index (χ3n) is 4.60. The zero-order valence-corrected chi connectivity index (χ0v) is 13.6. The Bertz CT molecular complexity index is 677. The molecule has 1 aliphatic carbocycles. The van der Waals surface area contributed by atoms with Gasteiger partial charge in [0.1, 0.15) is 0 Å². The van der Waals surface area contributed by atoms with Crippen LogP contribution < -0.4 is 0 Å². The molecule has 0 radical (unpaired) electrons. The minimum absolute atomic E-state index is 0.0656. The molecule has 1 atom stereocenters. The van der Waals surface area contributed by atoms with Gasteiger partial charge in [-0.2, -0.15) is 4.31 Å². The molecular weight excluding hydrogens is 302 g/mol. The Hall–Kier alpha value is -1.40. The van der Waals surface area contributed by atoms with E-state index in [1.807, 2.05) is 0 Å². The van der Waals surface area contributed by atoms with E-state index in [-0.39, 0.29) is 22.6 Å². The van der Waals surface area contributed by atoms with E-state index in [0.717, 1.165) is 25.7 Å². The number of hydrogen-bond donors (Lipinski definition) is 0. The summed E-state index contributed by atoms with van der Waals surface area (Å²) in [5.74, 6) is -0.582. The van der Waals surface area contributed by atoms with Crippen molar-refractivity contribution in [1.82, 2.24) is 4.31 Å². The first kappa shape index (κ1) is 15.5. The highest BCUT2D eigenvalue weighted by atomic mass is 32.2. The fraction of sp³-hybridized carbons (Fsp3) is 0.562. The van der Waals surface area contributed by atoms with Crippen LogP contribution in [-0.4, -0.2) is 37.4 Å². The largest absolute Gasteiger partial charge is 0.462 e. The maximum atomic E-state index is 12.9. The number of carbonyl (C=O) groups is 1. The summed E-state index contributed by atoms with van der Waals surface area (Å²) in [7, 11) is -3.64. The second-order valence-corrected chi connectivity index (χ2v) is 7.84. The van der Waals surface area contributed by atoms with Gasteiger partial charge in [-0.15, -0.1) is 0 Å². The number of rotatable bonds is 4. The molecule has 1 saturated heterocycles. The lowest BCUT2D eigenvalue weighted by Gasteiger charge is -2.22. The fourth-order valence-corrected chi connectivity index (χ4v) is 5.40. The van der Waals surface area contributed by atoms with Crippen molar-refractivity contribution in [1.29, 1.82) is 0 Å². The van der Waals surface area contributed by atoms with Crippen molar-refractivity contribution in [3.8, 4) is 0 Å². The Morgan fingerprint density at radius 3 is 2.59 bits per heavy atom. The molecule has 0 bridgehead atoms. The van der Waals surface area contributed by atoms with Crippen LogP contribution in [0.25, 0.3) is 0 Å². The van der Waals surface area contributed by atoms with Crippen molar-refractivity contribution in [3.05, 3.63) is 29.8 Å². The lowest BCUT2D eigenvalue weighted by Crippen LogP contribution is -2.27. The molecule has 120 valence electrons. The summed E-state index contributed by atoms with van der Waals surface area (Å²) in [5.41, 5.74) is -0.0685. The molecule has 5 nitrogen and oxygen atoms in total. The van der Waals surface area contributed by atoms with Crippen molar-refractivity contribution in [2.75, 3.05) is 13.2 Å². The number of hydrogen-bond acceptors (Lipinski definition) is 4. The van der Waals surface area contributed by atoms with E-state index in [1.54, 1.807) is 23.4 Å². The summed E-state index contributed by atoms with van der Waals surface area (Å²) in [4.78, 5) is 12.1. The summed E-state index contributed by atoms with van der Waals surface area (Å²) in [5, 5.41) is 0. The first-order chi connectivity index (χ1) is 10.5. The Kier molecular flexibility index (Phi) is 3.99. The summed E-state index contributed by atoms with van der Waals surface area (Å²) in [6.45, 7) is 2.50. The SMILES string of the molecule is CCOC(=O)c1ccccc1S(=O)(=O)N1CC12CCCCC2. The maximum Gasteiger partial charge on any atom is 0.339 e. The van der Waals surface area contributed by atoms with E-state index in [2.05, 4.69) is 0 Å². The molecule has 2 fully saturated rings. The van der Waals surface area contributed by atoms with Crippen LogP contribution in [-0.2, 0) is 14.8 Å². The molecule has 0 amide bonds. The standard InChI is InChI=1S/C16H21NO4S/c1-2-21-15(18)13-8-4-5-9-14(13)22(19,20)17-12-16(17)10-6-3-7-11-16/h4-5,8-9H,2-3,6-7,10-12H2,1H3. The Morgan fingerprint density at radius 1 is 1.23 bits per heavy atom. The predicted octanol–water partition coefficient (Wildman–Crippen LogP) is 2.57. The van der Waals surface area contributed by atoms with Crippen molar-refractivity contribution in [2.24, 2.45) is 0 Å². The summed E-state index contributed by atoms with van der Waals surface area (Å²) >= 11 is 0. The van der Waals surface area contributed by atoms with Gasteiger partial charge < -0.3 is 4.74 Å². The van der Waals surface area contributed by atoms with Gasteiger partial charge >= 0.3 is 5.97 Å². The van der Waals surface area contributed by atoms with Crippen LogP contribution in [0.15, 0.2) is 29.2 Å². The highest BCUT2D eigenvalue weighted by Crippen LogP contribution is 2.48. The van der Waals surface area contributed by atoms with Gasteiger partial charge in [0.25, 0.3) is 0 Å². The summed E-state index contributed by atoms with van der Waals surface area (Å²) < 4.78 is 32.4. The minimum Gasteiger partial charge on any atom is -0.462 e. The highest BCUT2D eigenvalue weighted by Gasteiger charge is 2.58. The van der Waals surface area contributed by atoms with E-state index in [9.17, 15) is 13.2 Å². The molecule has 0 N–H and O–H groups in total. The van der Waals surface area contributed by atoms with Gasteiger partial charge in [-0.3, -0.25) is 0 Å². The molecule has 3 rings (SSSR count). The normalized spacial score (nSPS) is 23.2. The van der Waals surface area contributed by atoms with E-state index < -0.39 is 16.0 Å². The van der Waals surface area contributed by atoms with Gasteiger partial charge in [0.2, 0.25) is 10.0 Å². The van der Waals surface area contributed by atoms with Crippen molar-refractivity contribution in [3.63, 3.8) is 0 Å². The summed E-state index contributed by atoms with van der Waals surface area (Å²) in [6, 6.07) is 6.31. The van der Waals surface area contributed by atoms with E-state index >= 15 is 0 Å². The van der Waals surface area contributed by atoms with Crippen molar-refractivity contribution < 1.29 is 17.9 Å². The lowest BCUT2D eigenvalue weighted by molar-refractivity contribution is 0.0521. The first-order valence-electron chi connectivity index (χ1n) is 7.80. The number of esters is 1. The quantitative estimate of drug-likeness (QED) is 0.631. The second-order valence-electron chi connectivity index (χ2n) is 6.01. The van der Waals surface area contributed by atoms with Gasteiger partial charge in [-0.25, -0.2) is 13.2 Å². The van der Waals surface area contributed by atoms with Gasteiger partial charge in [0, 0.05) is 6.54 Å². The predicted molar refractivity (Wildman–Crippen MR) is 82.1 cm³/mol. The zero-order chi connectivity index (χ0) is 15.8. The van der Waals surface area contributed by atoms with Crippen LogP contribution in [0.4, 0.5) is 0 Å². The average Bonchev–Trinajstić information content (AvgIpc) is 3.22. The Balaban J connectivity index is 1.92. The molecule has 1 heterocycles. The van der Waals surface area contributed by atoms with Crippen LogP contribution >= 0.6 is 0 Å². The molecule has 2 aliphatic rings. The summed E-state index contributed by atoms with van der Waals surface area (Å²) in [6.07, 6.45) is 5.17. The highest BCUT2D eigenvalue weighted by molar-refractivity contribution is 7.89. The van der Waals surface area contributed by atoms with Gasteiger partial charge in [0.05, 0.1) is 22.6 Å². The fourth-order valence-electron chi connectivity index (χ4n) is 3.38. The number of nitrogens with zero attached hydrogens (tertiary/aromatic N) is 1. The lowest BCUT2D eigenvalue weighted by atomic mass is 9.89. The monoisotopic (exact) mass is 323 g/mol. The topological polar surface area (TPSA) is 63.5 Å². The Labute approximate surface area is 131 Å². The number of carbonyl (C=O) groups excluding carboxylic acids is 1. The first-order valence-corrected chi connectivity index (χ1v) is 9.24. The third-order valence-corrected chi connectivity index (χ3v) is 6.61. The van der Waals surface area contributed by atoms with Crippen LogP contribution in [0.1, 0.15) is 49.4 Å². The van der Waals surface area contributed by atoms with Crippen LogP contribution in [0, 0.1) is 0 Å². The molecule has 1 aliphatic heterocycles. The van der Waals surface area contributed by atoms with Crippen molar-refractivity contribution >= 4 is 16.0 Å². The number of ether oxygens (including phenoxy) is 1. The third kappa shape index (κ3) is 2.54. The smallest absolute Gasteiger partial charge is 0.339 e. The molecular formula is C16H21NO4S. The van der Waals surface area contributed by atoms with Gasteiger partial charge in [0.15, 0.2) is 0 Å². The van der Waals surface area contributed by atoms with E-state index in [0.29, 0.717) is 6.54 Å². The molecule has 1 aromatic rings. The minimum atomic E-state index is -3.64. The molecule has 1 saturated carbocycles. The number of benzene rings is 1. The van der Waals surface area contributed by atoms with E-state index in [4.69, 9.17) is 4.74 Å². The maximum absolute atomic E-state index is 12.9. The molecule has 6 heteroatoms. The number of sulfonamides is 1. The van der Waals surface area contributed by atoms with Crippen LogP contribution in [0.2, 0.25) is 0 Å². The van der Waals surface area contributed by atoms with E-state index in [1.165, 1.54) is 18.6 Å². The van der Waals surface area contributed by atoms with Crippen LogP contribution in [0.5, 0.6) is 0 Å². The van der Waals surface area contributed by atoms with Crippen LogP contribution in [0.3, 0.4) is 0 Å². The second kappa shape index (κ2) is 5.66. The zero-order valence-electron chi connectivity index (χ0n) is 12.7. The Morgan fingerprint density at radius 2 is 1.91 bits per heavy atom.